The van der Waals surface area contributed by atoms with Crippen LogP contribution in [0.5, 0.6) is 17.2 Å². The molecule has 1 saturated heterocycles. The molecule has 34 heavy (non-hydrogen) atoms. The number of hydrogen-bond acceptors (Lipinski definition) is 5. The predicted octanol–water partition coefficient (Wildman–Crippen LogP) is 4.77. The lowest BCUT2D eigenvalue weighted by Crippen LogP contribution is -2.38. The zero-order chi connectivity index (χ0) is 24.0. The first-order chi connectivity index (χ1) is 16.3. The number of imide groups is 1. The Hall–Kier alpha value is -2.97. The summed E-state index contributed by atoms with van der Waals surface area (Å²) in [5, 5.41) is 5.67. The highest BCUT2D eigenvalue weighted by Crippen LogP contribution is 2.45. The third-order valence-electron chi connectivity index (χ3n) is 6.78. The van der Waals surface area contributed by atoms with Crippen molar-refractivity contribution in [3.8, 4) is 17.2 Å². The number of rotatable bonds is 6. The number of carbonyl (C=O) groups is 3. The SMILES string of the molecule is COc1ccc(Oc2c(Cl)cc(N3CC(=O)NC3=O)cc2Cl)cc1C(=O)NC1CC2CCC1C2. The van der Waals surface area contributed by atoms with Gasteiger partial charge in [0.2, 0.25) is 5.91 Å². The van der Waals surface area contributed by atoms with Crippen LogP contribution < -0.4 is 25.0 Å². The van der Waals surface area contributed by atoms with Gasteiger partial charge in [-0.05, 0) is 61.4 Å². The van der Waals surface area contributed by atoms with E-state index in [0.29, 0.717) is 34.6 Å². The number of amides is 4. The van der Waals surface area contributed by atoms with Gasteiger partial charge in [-0.1, -0.05) is 29.6 Å². The molecule has 2 saturated carbocycles. The molecule has 3 unspecified atom stereocenters. The van der Waals surface area contributed by atoms with Crippen LogP contribution in [-0.4, -0.2) is 37.5 Å². The Labute approximate surface area is 206 Å². The Bertz CT molecular complexity index is 1160. The number of ether oxygens (including phenoxy) is 2. The molecule has 10 heteroatoms. The van der Waals surface area contributed by atoms with E-state index in [9.17, 15) is 14.4 Å². The number of methoxy groups -OCH3 is 1. The van der Waals surface area contributed by atoms with Crippen molar-refractivity contribution in [2.75, 3.05) is 18.6 Å². The van der Waals surface area contributed by atoms with Crippen LogP contribution in [0.2, 0.25) is 10.0 Å². The summed E-state index contributed by atoms with van der Waals surface area (Å²) in [7, 11) is 1.51. The van der Waals surface area contributed by atoms with E-state index in [0.717, 1.165) is 12.8 Å². The molecule has 2 bridgehead atoms. The molecule has 0 aromatic heterocycles. The molecule has 4 amide bonds. The quantitative estimate of drug-likeness (QED) is 0.553. The number of halogens is 2. The number of anilines is 1. The van der Waals surface area contributed by atoms with Crippen LogP contribution in [0.1, 0.15) is 36.0 Å². The zero-order valence-corrected chi connectivity index (χ0v) is 19.9. The summed E-state index contributed by atoms with van der Waals surface area (Å²) >= 11 is 12.8. The fraction of sp³-hybridized carbons (Fsp3) is 0.375. The van der Waals surface area contributed by atoms with Crippen LogP contribution in [0.4, 0.5) is 10.5 Å². The first kappa shape index (κ1) is 22.8. The Morgan fingerprint density at radius 1 is 1.12 bits per heavy atom. The van der Waals surface area contributed by atoms with E-state index >= 15 is 0 Å². The van der Waals surface area contributed by atoms with Crippen molar-refractivity contribution in [2.24, 2.45) is 11.8 Å². The van der Waals surface area contributed by atoms with Crippen molar-refractivity contribution in [2.45, 2.75) is 31.7 Å². The molecule has 178 valence electrons. The molecule has 1 aliphatic heterocycles. The topological polar surface area (TPSA) is 97.0 Å². The van der Waals surface area contributed by atoms with Gasteiger partial charge in [-0.25, -0.2) is 4.79 Å². The lowest BCUT2D eigenvalue weighted by atomic mass is 9.95. The van der Waals surface area contributed by atoms with E-state index in [1.54, 1.807) is 18.2 Å². The molecule has 2 aromatic rings. The number of fused-ring (bicyclic) bond motifs is 2. The van der Waals surface area contributed by atoms with E-state index in [4.69, 9.17) is 32.7 Å². The van der Waals surface area contributed by atoms with E-state index < -0.39 is 11.9 Å². The fourth-order valence-electron chi connectivity index (χ4n) is 5.16. The van der Waals surface area contributed by atoms with Crippen molar-refractivity contribution in [1.29, 1.82) is 0 Å². The molecule has 2 N–H and O–H groups in total. The number of nitrogens with zero attached hydrogens (tertiary/aromatic N) is 1. The maximum absolute atomic E-state index is 13.1. The minimum atomic E-state index is -0.549. The smallest absolute Gasteiger partial charge is 0.329 e. The van der Waals surface area contributed by atoms with E-state index in [1.165, 1.54) is 37.0 Å². The summed E-state index contributed by atoms with van der Waals surface area (Å²) in [5.74, 6) is 1.59. The van der Waals surface area contributed by atoms with E-state index in [1.807, 2.05) is 0 Å². The van der Waals surface area contributed by atoms with Gasteiger partial charge < -0.3 is 14.8 Å². The lowest BCUT2D eigenvalue weighted by molar-refractivity contribution is -0.117. The second-order valence-corrected chi connectivity index (χ2v) is 9.71. The molecule has 3 fully saturated rings. The minimum Gasteiger partial charge on any atom is -0.496 e. The summed E-state index contributed by atoms with van der Waals surface area (Å²) in [6.45, 7) is -0.120. The molecule has 5 rings (SSSR count). The molecule has 1 heterocycles. The van der Waals surface area contributed by atoms with Crippen LogP contribution in [0.15, 0.2) is 30.3 Å². The number of hydrogen-bond donors (Lipinski definition) is 2. The van der Waals surface area contributed by atoms with Crippen LogP contribution in [0.3, 0.4) is 0 Å². The average molecular weight is 504 g/mol. The van der Waals surface area contributed by atoms with E-state index in [-0.39, 0.29) is 34.3 Å². The van der Waals surface area contributed by atoms with E-state index in [2.05, 4.69) is 10.6 Å². The molecule has 3 atom stereocenters. The molecule has 2 aliphatic carbocycles. The number of urea groups is 1. The van der Waals surface area contributed by atoms with Gasteiger partial charge in [0.1, 0.15) is 18.0 Å². The Morgan fingerprint density at radius 2 is 1.88 bits per heavy atom. The lowest BCUT2D eigenvalue weighted by Gasteiger charge is -2.23. The Kier molecular flexibility index (Phi) is 6.04. The van der Waals surface area contributed by atoms with Crippen molar-refractivity contribution >= 4 is 46.7 Å². The monoisotopic (exact) mass is 503 g/mol. The molecule has 2 aromatic carbocycles. The second kappa shape index (κ2) is 9.00. The van der Waals surface area contributed by atoms with Crippen molar-refractivity contribution in [1.82, 2.24) is 10.6 Å². The van der Waals surface area contributed by atoms with Crippen LogP contribution in [-0.2, 0) is 4.79 Å². The van der Waals surface area contributed by atoms with Crippen LogP contribution in [0, 0.1) is 11.8 Å². The highest BCUT2D eigenvalue weighted by Gasteiger charge is 2.40. The highest BCUT2D eigenvalue weighted by atomic mass is 35.5. The molecule has 8 nitrogen and oxygen atoms in total. The molecular formula is C24H23Cl2N3O5. The number of nitrogens with one attached hydrogen (secondary N) is 2. The van der Waals surface area contributed by atoms with Crippen molar-refractivity contribution in [3.05, 3.63) is 45.9 Å². The summed E-state index contributed by atoms with van der Waals surface area (Å²) in [4.78, 5) is 37.7. The minimum absolute atomic E-state index is 0.120. The maximum atomic E-state index is 13.1. The Balaban J connectivity index is 1.36. The van der Waals surface area contributed by atoms with Gasteiger partial charge in [0, 0.05) is 11.7 Å². The van der Waals surface area contributed by atoms with Gasteiger partial charge in [0.25, 0.3) is 5.91 Å². The first-order valence-electron chi connectivity index (χ1n) is 11.1. The normalized spacial score (nSPS) is 23.3. The van der Waals surface area contributed by atoms with Gasteiger partial charge in [-0.2, -0.15) is 0 Å². The second-order valence-electron chi connectivity index (χ2n) is 8.90. The zero-order valence-electron chi connectivity index (χ0n) is 18.4. The predicted molar refractivity (Wildman–Crippen MR) is 127 cm³/mol. The number of benzene rings is 2. The van der Waals surface area contributed by atoms with Gasteiger partial charge in [0.15, 0.2) is 5.75 Å². The van der Waals surface area contributed by atoms with Gasteiger partial charge >= 0.3 is 6.03 Å². The summed E-state index contributed by atoms with van der Waals surface area (Å²) in [5.41, 5.74) is 0.727. The van der Waals surface area contributed by atoms with Gasteiger partial charge in [-0.15, -0.1) is 0 Å². The molecule has 3 aliphatic rings. The summed E-state index contributed by atoms with van der Waals surface area (Å²) in [6.07, 6.45) is 4.62. The maximum Gasteiger partial charge on any atom is 0.329 e. The highest BCUT2D eigenvalue weighted by molar-refractivity contribution is 6.38. The first-order valence-corrected chi connectivity index (χ1v) is 11.8. The third-order valence-corrected chi connectivity index (χ3v) is 7.34. The average Bonchev–Trinajstić information content (AvgIpc) is 3.51. The largest absolute Gasteiger partial charge is 0.496 e. The molecule has 0 spiro atoms. The van der Waals surface area contributed by atoms with Gasteiger partial charge in [-0.3, -0.25) is 19.8 Å². The summed E-state index contributed by atoms with van der Waals surface area (Å²) < 4.78 is 11.3. The molecular weight excluding hydrogens is 481 g/mol. The Morgan fingerprint density at radius 3 is 2.47 bits per heavy atom. The van der Waals surface area contributed by atoms with Crippen LogP contribution in [0.25, 0.3) is 0 Å². The number of carbonyl (C=O) groups excluding carboxylic acids is 3. The van der Waals surface area contributed by atoms with Crippen LogP contribution >= 0.6 is 23.2 Å². The third kappa shape index (κ3) is 4.28. The van der Waals surface area contributed by atoms with Crippen molar-refractivity contribution < 1.29 is 23.9 Å². The van der Waals surface area contributed by atoms with Crippen molar-refractivity contribution in [3.63, 3.8) is 0 Å². The van der Waals surface area contributed by atoms with Gasteiger partial charge in [0.05, 0.1) is 22.7 Å². The molecule has 0 radical (unpaired) electrons. The fourth-order valence-corrected chi connectivity index (χ4v) is 5.72. The summed E-state index contributed by atoms with van der Waals surface area (Å²) in [6, 6.07) is 7.52. The standard InChI is InChI=1S/C24H23Cl2N3O5/c1-33-20-5-4-15(10-16(20)23(31)27-19-7-12-2-3-13(19)6-12)34-22-17(25)8-14(9-18(22)26)29-11-21(30)28-24(29)32/h4-5,8-10,12-13,19H,2-3,6-7,11H2,1H3,(H,27,31)(H,28,30,32).